The van der Waals surface area contributed by atoms with E-state index in [9.17, 15) is 0 Å². The number of allylic oxidation sites excluding steroid dienone is 1. The lowest BCUT2D eigenvalue weighted by atomic mass is 10.1. The first-order valence-electron chi connectivity index (χ1n) is 9.09. The molecule has 1 aromatic heterocycles. The van der Waals surface area contributed by atoms with E-state index in [1.54, 1.807) is 12.1 Å². The average molecular weight is 450 g/mol. The van der Waals surface area contributed by atoms with Crippen LogP contribution in [0.25, 0.3) is 6.08 Å². The highest BCUT2D eigenvalue weighted by molar-refractivity contribution is 6.35. The molecule has 0 amide bonds. The lowest BCUT2D eigenvalue weighted by Gasteiger charge is -2.17. The first kappa shape index (κ1) is 23.2. The Morgan fingerprint density at radius 3 is 2.66 bits per heavy atom. The summed E-state index contributed by atoms with van der Waals surface area (Å²) in [6, 6.07) is 15.8. The van der Waals surface area contributed by atoms with E-state index in [1.165, 1.54) is 5.56 Å². The van der Waals surface area contributed by atoms with E-state index < -0.39 is 0 Å². The maximum atomic E-state index is 6.39. The van der Waals surface area contributed by atoms with Crippen LogP contribution in [0.2, 0.25) is 10.0 Å². The van der Waals surface area contributed by atoms with Gasteiger partial charge in [-0.15, -0.1) is 6.58 Å². The molecule has 2 aromatic carbocycles. The number of halogens is 3. The normalized spacial score (nSPS) is 11.9. The second-order valence-corrected chi connectivity index (χ2v) is 7.24. The summed E-state index contributed by atoms with van der Waals surface area (Å²) in [5.74, 6) is 0. The molecule has 0 spiro atoms. The van der Waals surface area contributed by atoms with Crippen molar-refractivity contribution in [3.63, 3.8) is 0 Å². The molecule has 0 N–H and O–H groups in total. The van der Waals surface area contributed by atoms with Gasteiger partial charge in [-0.3, -0.25) is 0 Å². The van der Waals surface area contributed by atoms with Crippen molar-refractivity contribution in [2.75, 3.05) is 6.61 Å². The number of rotatable bonds is 9. The molecule has 152 valence electrons. The zero-order chi connectivity index (χ0) is 19.8. The summed E-state index contributed by atoms with van der Waals surface area (Å²) in [5, 5.41) is 1.22. The minimum atomic E-state index is -0.191. The first-order valence-corrected chi connectivity index (χ1v) is 9.85. The molecule has 0 aliphatic rings. The van der Waals surface area contributed by atoms with E-state index in [1.807, 2.05) is 42.7 Å². The van der Waals surface area contributed by atoms with E-state index in [4.69, 9.17) is 27.9 Å². The molecule has 0 fully saturated rings. The van der Waals surface area contributed by atoms with Crippen LogP contribution >= 0.6 is 23.2 Å². The van der Waals surface area contributed by atoms with E-state index >= 15 is 0 Å². The monoisotopic (exact) mass is 448 g/mol. The number of hydrogen-bond donors (Lipinski definition) is 0. The van der Waals surface area contributed by atoms with Gasteiger partial charge in [0.15, 0.2) is 0 Å². The van der Waals surface area contributed by atoms with E-state index in [2.05, 4.69) is 46.3 Å². The van der Waals surface area contributed by atoms with Crippen LogP contribution in [0.15, 0.2) is 86.0 Å². The Kier molecular flexibility index (Phi) is 9.49. The smallest absolute Gasteiger partial charge is 0.244 e. The van der Waals surface area contributed by atoms with Crippen LogP contribution in [-0.2, 0) is 17.8 Å². The van der Waals surface area contributed by atoms with Gasteiger partial charge in [0.05, 0.1) is 6.61 Å². The summed E-state index contributed by atoms with van der Waals surface area (Å²) in [7, 11) is 0. The molecule has 0 bridgehead atoms. The van der Waals surface area contributed by atoms with Crippen LogP contribution in [0.5, 0.6) is 0 Å². The van der Waals surface area contributed by atoms with Crippen molar-refractivity contribution >= 4 is 29.3 Å². The first-order chi connectivity index (χ1) is 13.7. The molecule has 3 nitrogen and oxygen atoms in total. The highest BCUT2D eigenvalue weighted by Crippen LogP contribution is 2.28. The molecule has 0 aliphatic carbocycles. The topological polar surface area (TPSA) is 18.0 Å². The highest BCUT2D eigenvalue weighted by Gasteiger charge is 2.19. The number of benzene rings is 2. The third-order valence-corrected chi connectivity index (χ3v) is 4.84. The van der Waals surface area contributed by atoms with Gasteiger partial charge < -0.3 is 17.1 Å². The minimum absolute atomic E-state index is 0. The second-order valence-electron chi connectivity index (χ2n) is 6.40. The summed E-state index contributed by atoms with van der Waals surface area (Å²) in [5.41, 5.74) is 2.11. The molecule has 0 saturated carbocycles. The SMILES string of the molecule is C=CCOC(C[n+]1ccn(C/C=C/c2ccccc2)c1)c1ccc(Cl)cc1Cl.[Cl-]. The van der Waals surface area contributed by atoms with Gasteiger partial charge in [-0.05, 0) is 23.8 Å². The lowest BCUT2D eigenvalue weighted by molar-refractivity contribution is -0.704. The standard InChI is InChI=1S/C23H23Cl2N2O.ClH/c1-2-15-28-23(21-11-10-20(24)16-22(21)25)17-27-14-13-26(18-27)12-6-9-19-7-4-3-5-8-19;/h2-11,13-14,16,18,23H,1,12,15,17H2;1H/q+1;/p-1/b9-6+;. The Morgan fingerprint density at radius 1 is 1.14 bits per heavy atom. The van der Waals surface area contributed by atoms with Crippen molar-refractivity contribution in [3.05, 3.63) is 107 Å². The number of ether oxygens (including phenoxy) is 1. The van der Waals surface area contributed by atoms with Crippen molar-refractivity contribution in [2.45, 2.75) is 19.2 Å². The molecule has 1 unspecified atom stereocenters. The third kappa shape index (κ3) is 7.06. The average Bonchev–Trinajstić information content (AvgIpc) is 3.13. The van der Waals surface area contributed by atoms with E-state index in [0.29, 0.717) is 23.2 Å². The Balaban J connectivity index is 0.00000300. The van der Waals surface area contributed by atoms with Gasteiger partial charge >= 0.3 is 0 Å². The van der Waals surface area contributed by atoms with Gasteiger partial charge in [-0.1, -0.05) is 71.8 Å². The van der Waals surface area contributed by atoms with Crippen LogP contribution in [0.4, 0.5) is 0 Å². The Morgan fingerprint density at radius 2 is 1.93 bits per heavy atom. The fourth-order valence-electron chi connectivity index (χ4n) is 2.91. The molecule has 29 heavy (non-hydrogen) atoms. The fourth-order valence-corrected chi connectivity index (χ4v) is 3.44. The van der Waals surface area contributed by atoms with Crippen LogP contribution in [0.3, 0.4) is 0 Å². The molecule has 6 heteroatoms. The number of hydrogen-bond acceptors (Lipinski definition) is 1. The highest BCUT2D eigenvalue weighted by atomic mass is 35.5. The number of imidazole rings is 1. The number of nitrogens with zero attached hydrogens (tertiary/aromatic N) is 2. The van der Waals surface area contributed by atoms with Crippen molar-refractivity contribution < 1.29 is 21.7 Å². The molecule has 1 atom stereocenters. The van der Waals surface area contributed by atoms with Gasteiger partial charge in [-0.25, -0.2) is 9.13 Å². The molecule has 0 aliphatic heterocycles. The van der Waals surface area contributed by atoms with Crippen molar-refractivity contribution in [1.82, 2.24) is 4.57 Å². The quantitative estimate of drug-likeness (QED) is 0.363. The molecule has 0 radical (unpaired) electrons. The maximum Gasteiger partial charge on any atom is 0.244 e. The Hall–Kier alpha value is -2.04. The minimum Gasteiger partial charge on any atom is -1.00 e. The Bertz CT molecular complexity index is 938. The third-order valence-electron chi connectivity index (χ3n) is 4.27. The molecular weight excluding hydrogens is 427 g/mol. The van der Waals surface area contributed by atoms with Crippen molar-refractivity contribution in [2.24, 2.45) is 0 Å². The van der Waals surface area contributed by atoms with E-state index in [-0.39, 0.29) is 18.5 Å². The summed E-state index contributed by atoms with van der Waals surface area (Å²) in [6.45, 7) is 5.62. The predicted molar refractivity (Wildman–Crippen MR) is 115 cm³/mol. The number of aromatic nitrogens is 2. The van der Waals surface area contributed by atoms with Crippen LogP contribution < -0.4 is 17.0 Å². The summed E-state index contributed by atoms with van der Waals surface area (Å²) < 4.78 is 10.2. The van der Waals surface area contributed by atoms with Crippen molar-refractivity contribution in [1.29, 1.82) is 0 Å². The summed E-state index contributed by atoms with van der Waals surface area (Å²) in [4.78, 5) is 0. The zero-order valence-corrected chi connectivity index (χ0v) is 18.2. The van der Waals surface area contributed by atoms with Gasteiger partial charge in [0, 0.05) is 15.6 Å². The Labute approximate surface area is 188 Å². The van der Waals surface area contributed by atoms with Gasteiger partial charge in [-0.2, -0.15) is 0 Å². The predicted octanol–water partition coefficient (Wildman–Crippen LogP) is 2.74. The summed E-state index contributed by atoms with van der Waals surface area (Å²) in [6.07, 6.45) is 11.9. The molecule has 1 heterocycles. The van der Waals surface area contributed by atoms with Gasteiger partial charge in [0.1, 0.15) is 31.6 Å². The van der Waals surface area contributed by atoms with Crippen LogP contribution in [0, 0.1) is 0 Å². The summed E-state index contributed by atoms with van der Waals surface area (Å²) >= 11 is 12.4. The fraction of sp³-hybridized carbons (Fsp3) is 0.174. The molecule has 0 saturated heterocycles. The second kappa shape index (κ2) is 11.8. The van der Waals surface area contributed by atoms with Crippen LogP contribution in [-0.4, -0.2) is 11.2 Å². The maximum absolute atomic E-state index is 6.39. The largest absolute Gasteiger partial charge is 1.00 e. The van der Waals surface area contributed by atoms with Gasteiger partial charge in [0.25, 0.3) is 0 Å². The zero-order valence-electron chi connectivity index (χ0n) is 15.9. The van der Waals surface area contributed by atoms with E-state index in [0.717, 1.165) is 12.1 Å². The molecular formula is C23H23Cl3N2O. The molecule has 3 rings (SSSR count). The van der Waals surface area contributed by atoms with Crippen LogP contribution in [0.1, 0.15) is 17.2 Å². The van der Waals surface area contributed by atoms with Gasteiger partial charge in [0.2, 0.25) is 6.33 Å². The molecule has 3 aromatic rings. The van der Waals surface area contributed by atoms with Crippen molar-refractivity contribution in [3.8, 4) is 0 Å². The lowest BCUT2D eigenvalue weighted by Crippen LogP contribution is -3.00.